The van der Waals surface area contributed by atoms with E-state index in [-0.39, 0.29) is 5.91 Å². The molecule has 130 valence electrons. The number of nitrogens with zero attached hydrogens (tertiary/aromatic N) is 3. The molecule has 5 heteroatoms. The average Bonchev–Trinajstić information content (AvgIpc) is 3.15. The molecule has 1 atom stereocenters. The van der Waals surface area contributed by atoms with Crippen LogP contribution < -0.4 is 4.74 Å². The number of benzene rings is 1. The van der Waals surface area contributed by atoms with E-state index in [0.717, 1.165) is 45.0 Å². The predicted molar refractivity (Wildman–Crippen MR) is 95.8 cm³/mol. The van der Waals surface area contributed by atoms with Gasteiger partial charge in [-0.2, -0.15) is 0 Å². The van der Waals surface area contributed by atoms with Crippen molar-refractivity contribution in [3.63, 3.8) is 0 Å². The molecule has 0 N–H and O–H groups in total. The number of pyridine rings is 1. The van der Waals surface area contributed by atoms with Crippen LogP contribution in [0.15, 0.2) is 42.7 Å². The number of ether oxygens (including phenoxy) is 1. The maximum absolute atomic E-state index is 12.5. The van der Waals surface area contributed by atoms with Crippen LogP contribution in [0.25, 0.3) is 0 Å². The highest BCUT2D eigenvalue weighted by Gasteiger charge is 2.26. The number of rotatable bonds is 3. The third-order valence-corrected chi connectivity index (χ3v) is 5.26. The first-order valence-corrected chi connectivity index (χ1v) is 8.91. The minimum absolute atomic E-state index is 0.0753. The number of carbonyl (C=O) groups excluding carboxylic acids is 1. The quantitative estimate of drug-likeness (QED) is 0.863. The molecule has 0 saturated carbocycles. The molecule has 3 heterocycles. The maximum atomic E-state index is 12.5. The van der Waals surface area contributed by atoms with Gasteiger partial charge in [0.1, 0.15) is 5.75 Å². The molecule has 0 radical (unpaired) electrons. The predicted octanol–water partition coefficient (Wildman–Crippen LogP) is 2.54. The summed E-state index contributed by atoms with van der Waals surface area (Å²) in [5.74, 6) is 1.11. The van der Waals surface area contributed by atoms with Gasteiger partial charge in [0.25, 0.3) is 5.91 Å². The molecule has 5 nitrogen and oxygen atoms in total. The molecule has 1 unspecified atom stereocenters. The van der Waals surface area contributed by atoms with E-state index >= 15 is 0 Å². The van der Waals surface area contributed by atoms with Gasteiger partial charge >= 0.3 is 0 Å². The van der Waals surface area contributed by atoms with Crippen LogP contribution >= 0.6 is 0 Å². The summed E-state index contributed by atoms with van der Waals surface area (Å²) in [6.07, 6.45) is 4.34. The number of hydrogen-bond acceptors (Lipinski definition) is 4. The van der Waals surface area contributed by atoms with E-state index in [4.69, 9.17) is 4.74 Å². The Morgan fingerprint density at radius 3 is 2.80 bits per heavy atom. The third-order valence-electron chi connectivity index (χ3n) is 5.26. The van der Waals surface area contributed by atoms with Crippen molar-refractivity contribution in [2.75, 3.05) is 32.8 Å². The highest BCUT2D eigenvalue weighted by molar-refractivity contribution is 5.93. The van der Waals surface area contributed by atoms with Gasteiger partial charge in [-0.3, -0.25) is 14.7 Å². The van der Waals surface area contributed by atoms with Crippen LogP contribution in [0.4, 0.5) is 0 Å². The molecule has 2 aliphatic heterocycles. The normalized spacial score (nSPS) is 18.5. The minimum atomic E-state index is 0.0753. The Kier molecular flexibility index (Phi) is 4.40. The lowest BCUT2D eigenvalue weighted by Gasteiger charge is -2.38. The molecule has 1 fully saturated rings. The van der Waals surface area contributed by atoms with Crippen molar-refractivity contribution in [1.82, 2.24) is 14.8 Å². The largest absolute Gasteiger partial charge is 0.493 e. The first-order chi connectivity index (χ1) is 12.2. The van der Waals surface area contributed by atoms with Crippen LogP contribution in [0, 0.1) is 0 Å². The first-order valence-electron chi connectivity index (χ1n) is 8.91. The summed E-state index contributed by atoms with van der Waals surface area (Å²) in [7, 11) is 0. The van der Waals surface area contributed by atoms with Crippen LogP contribution in [0.5, 0.6) is 5.75 Å². The smallest absolute Gasteiger partial charge is 0.255 e. The molecule has 0 bridgehead atoms. The zero-order valence-corrected chi connectivity index (χ0v) is 14.5. The van der Waals surface area contributed by atoms with Gasteiger partial charge in [0.15, 0.2) is 0 Å². The van der Waals surface area contributed by atoms with Gasteiger partial charge in [-0.25, -0.2) is 0 Å². The molecular weight excluding hydrogens is 314 g/mol. The van der Waals surface area contributed by atoms with E-state index in [2.05, 4.69) is 35.0 Å². The van der Waals surface area contributed by atoms with Crippen LogP contribution in [0.1, 0.15) is 34.5 Å². The summed E-state index contributed by atoms with van der Waals surface area (Å²) in [6, 6.07) is 10.5. The standard InChI is InChI=1S/C20H23N3O2/c1-15(17-5-4-16-6-12-25-19(16)13-17)22-8-10-23(11-9-22)20(24)18-3-2-7-21-14-18/h2-5,7,13-15H,6,8-12H2,1H3. The van der Waals surface area contributed by atoms with Crippen molar-refractivity contribution in [2.24, 2.45) is 0 Å². The van der Waals surface area contributed by atoms with Gasteiger partial charge in [0, 0.05) is 51.0 Å². The first kappa shape index (κ1) is 16.1. The van der Waals surface area contributed by atoms with Crippen LogP contribution in [-0.2, 0) is 6.42 Å². The van der Waals surface area contributed by atoms with Crippen molar-refractivity contribution in [3.05, 3.63) is 59.4 Å². The Hall–Kier alpha value is -2.40. The van der Waals surface area contributed by atoms with E-state index in [0.29, 0.717) is 11.6 Å². The number of fused-ring (bicyclic) bond motifs is 1. The molecule has 0 aliphatic carbocycles. The molecular formula is C20H23N3O2. The number of amides is 1. The van der Waals surface area contributed by atoms with Gasteiger partial charge in [-0.15, -0.1) is 0 Å². The molecule has 0 spiro atoms. The Labute approximate surface area is 148 Å². The SMILES string of the molecule is CC(c1ccc2c(c1)OCC2)N1CCN(C(=O)c2cccnc2)CC1. The Morgan fingerprint density at radius 1 is 1.20 bits per heavy atom. The van der Waals surface area contributed by atoms with Crippen LogP contribution in [0.2, 0.25) is 0 Å². The summed E-state index contributed by atoms with van der Waals surface area (Å²) in [6.45, 7) is 6.28. The molecule has 2 aliphatic rings. The number of piperazine rings is 1. The van der Waals surface area contributed by atoms with Crippen molar-refractivity contribution in [1.29, 1.82) is 0 Å². The third kappa shape index (κ3) is 3.24. The van der Waals surface area contributed by atoms with Gasteiger partial charge < -0.3 is 9.64 Å². The van der Waals surface area contributed by atoms with Gasteiger partial charge in [0.2, 0.25) is 0 Å². The fraction of sp³-hybridized carbons (Fsp3) is 0.400. The lowest BCUT2D eigenvalue weighted by molar-refractivity contribution is 0.0581. The van der Waals surface area contributed by atoms with Crippen LogP contribution in [-0.4, -0.2) is 53.5 Å². The van der Waals surface area contributed by atoms with E-state index in [1.54, 1.807) is 12.4 Å². The van der Waals surface area contributed by atoms with Gasteiger partial charge in [-0.05, 0) is 36.2 Å². The average molecular weight is 337 g/mol. The monoisotopic (exact) mass is 337 g/mol. The number of hydrogen-bond donors (Lipinski definition) is 0. The van der Waals surface area contributed by atoms with Crippen molar-refractivity contribution >= 4 is 5.91 Å². The fourth-order valence-corrected chi connectivity index (χ4v) is 3.64. The molecule has 2 aromatic rings. The molecule has 25 heavy (non-hydrogen) atoms. The second-order valence-electron chi connectivity index (χ2n) is 6.71. The van der Waals surface area contributed by atoms with E-state index in [1.165, 1.54) is 11.1 Å². The summed E-state index contributed by atoms with van der Waals surface area (Å²) in [5, 5.41) is 0. The highest BCUT2D eigenvalue weighted by Crippen LogP contribution is 2.31. The fourth-order valence-electron chi connectivity index (χ4n) is 3.64. The summed E-state index contributed by atoms with van der Waals surface area (Å²) < 4.78 is 5.70. The molecule has 1 saturated heterocycles. The summed E-state index contributed by atoms with van der Waals surface area (Å²) in [4.78, 5) is 20.9. The van der Waals surface area contributed by atoms with Crippen molar-refractivity contribution < 1.29 is 9.53 Å². The number of aromatic nitrogens is 1. The summed E-state index contributed by atoms with van der Waals surface area (Å²) >= 11 is 0. The maximum Gasteiger partial charge on any atom is 0.255 e. The zero-order valence-electron chi connectivity index (χ0n) is 14.5. The number of carbonyl (C=O) groups is 1. The lowest BCUT2D eigenvalue weighted by Crippen LogP contribution is -2.49. The second kappa shape index (κ2) is 6.84. The zero-order chi connectivity index (χ0) is 17.2. The topological polar surface area (TPSA) is 45.7 Å². The molecule has 1 aromatic heterocycles. The Bertz CT molecular complexity index is 755. The molecule has 1 amide bonds. The van der Waals surface area contributed by atoms with Crippen LogP contribution in [0.3, 0.4) is 0 Å². The summed E-state index contributed by atoms with van der Waals surface area (Å²) in [5.41, 5.74) is 3.26. The van der Waals surface area contributed by atoms with E-state index in [9.17, 15) is 4.79 Å². The Morgan fingerprint density at radius 2 is 2.04 bits per heavy atom. The minimum Gasteiger partial charge on any atom is -0.493 e. The molecule has 1 aromatic carbocycles. The lowest BCUT2D eigenvalue weighted by atomic mass is 10.0. The van der Waals surface area contributed by atoms with E-state index in [1.807, 2.05) is 17.0 Å². The van der Waals surface area contributed by atoms with Gasteiger partial charge in [0.05, 0.1) is 12.2 Å². The van der Waals surface area contributed by atoms with Crippen molar-refractivity contribution in [2.45, 2.75) is 19.4 Å². The Balaban J connectivity index is 1.39. The van der Waals surface area contributed by atoms with Crippen molar-refractivity contribution in [3.8, 4) is 5.75 Å². The second-order valence-corrected chi connectivity index (χ2v) is 6.71. The molecule has 4 rings (SSSR count). The van der Waals surface area contributed by atoms with E-state index < -0.39 is 0 Å². The highest BCUT2D eigenvalue weighted by atomic mass is 16.5. The van der Waals surface area contributed by atoms with Gasteiger partial charge in [-0.1, -0.05) is 12.1 Å².